The first kappa shape index (κ1) is 15.0. The van der Waals surface area contributed by atoms with Gasteiger partial charge in [0.15, 0.2) is 5.78 Å². The van der Waals surface area contributed by atoms with Gasteiger partial charge in [0.25, 0.3) is 0 Å². The molecule has 3 N–H and O–H groups in total. The van der Waals surface area contributed by atoms with E-state index in [2.05, 4.69) is 5.32 Å². The number of benzene rings is 1. The molecule has 1 aromatic carbocycles. The van der Waals surface area contributed by atoms with Gasteiger partial charge in [0, 0.05) is 17.8 Å². The second-order valence-corrected chi connectivity index (χ2v) is 4.75. The average molecular weight is 291 g/mol. The summed E-state index contributed by atoms with van der Waals surface area (Å²) >= 11 is 0. The predicted molar refractivity (Wildman–Crippen MR) is 76.0 cm³/mol. The summed E-state index contributed by atoms with van der Waals surface area (Å²) < 4.78 is 5.16. The third kappa shape index (κ3) is 3.57. The summed E-state index contributed by atoms with van der Waals surface area (Å²) in [6, 6.07) is 5.34. The highest BCUT2D eigenvalue weighted by Crippen LogP contribution is 2.13. The highest BCUT2D eigenvalue weighted by molar-refractivity contribution is 5.96. The number of nitrogens with one attached hydrogen (secondary N) is 1. The topological polar surface area (TPSA) is 102 Å². The van der Waals surface area contributed by atoms with Crippen LogP contribution in [0.25, 0.3) is 0 Å². The van der Waals surface area contributed by atoms with Crippen LogP contribution in [0.5, 0.6) is 0 Å². The fourth-order valence-electron chi connectivity index (χ4n) is 2.07. The van der Waals surface area contributed by atoms with Gasteiger partial charge in [0.1, 0.15) is 6.04 Å². The van der Waals surface area contributed by atoms with Crippen molar-refractivity contribution < 1.29 is 19.1 Å². The summed E-state index contributed by atoms with van der Waals surface area (Å²) in [5.41, 5.74) is 6.37. The molecule has 1 saturated heterocycles. The van der Waals surface area contributed by atoms with Crippen LogP contribution >= 0.6 is 0 Å². The monoisotopic (exact) mass is 291 g/mol. The Labute approximate surface area is 122 Å². The van der Waals surface area contributed by atoms with Crippen LogP contribution in [0.2, 0.25) is 0 Å². The Morgan fingerprint density at radius 3 is 2.52 bits per heavy atom. The summed E-state index contributed by atoms with van der Waals surface area (Å²) in [4.78, 5) is 36.0. The number of nitrogens with zero attached hydrogens (tertiary/aromatic N) is 1. The zero-order valence-corrected chi connectivity index (χ0v) is 11.7. The number of Topliss-reactive ketones (excluding diaryl/α,β-unsaturated/α-hetero) is 1. The number of carbonyl (C=O) groups excluding carboxylic acids is 3. The molecule has 112 valence electrons. The number of ketones is 1. The van der Waals surface area contributed by atoms with Crippen LogP contribution in [0, 0.1) is 0 Å². The molecule has 0 spiro atoms. The van der Waals surface area contributed by atoms with E-state index in [-0.39, 0.29) is 12.4 Å². The molecule has 1 aliphatic rings. The number of anilines is 1. The normalized spacial score (nSPS) is 18.1. The van der Waals surface area contributed by atoms with Gasteiger partial charge in [-0.15, -0.1) is 0 Å². The minimum atomic E-state index is -0.768. The molecule has 3 amide bonds. The molecular formula is C14H17N3O4. The van der Waals surface area contributed by atoms with Gasteiger partial charge in [0.05, 0.1) is 13.2 Å². The van der Waals surface area contributed by atoms with Crippen molar-refractivity contribution in [2.75, 3.05) is 25.1 Å². The first-order chi connectivity index (χ1) is 9.99. The third-order valence-electron chi connectivity index (χ3n) is 3.26. The molecule has 0 saturated carbocycles. The summed E-state index contributed by atoms with van der Waals surface area (Å²) in [7, 11) is 0. The highest BCUT2D eigenvalue weighted by Gasteiger charge is 2.31. The van der Waals surface area contributed by atoms with Crippen molar-refractivity contribution in [1.82, 2.24) is 4.90 Å². The van der Waals surface area contributed by atoms with Crippen molar-refractivity contribution in [3.63, 3.8) is 0 Å². The number of rotatable bonds is 3. The van der Waals surface area contributed by atoms with Crippen molar-refractivity contribution in [3.05, 3.63) is 29.8 Å². The van der Waals surface area contributed by atoms with Gasteiger partial charge >= 0.3 is 6.03 Å². The second kappa shape index (κ2) is 6.36. The molecule has 7 nitrogen and oxygen atoms in total. The molecule has 0 aromatic heterocycles. The fraction of sp³-hybridized carbons (Fsp3) is 0.357. The zero-order chi connectivity index (χ0) is 15.4. The first-order valence-corrected chi connectivity index (χ1v) is 6.54. The molecule has 1 unspecified atom stereocenters. The van der Waals surface area contributed by atoms with Crippen molar-refractivity contribution in [2.45, 2.75) is 13.0 Å². The lowest BCUT2D eigenvalue weighted by Crippen LogP contribution is -2.55. The molecule has 7 heteroatoms. The SMILES string of the molecule is CC(=O)c1ccc(NC(=O)N2CCOCC2C(N)=O)cc1. The van der Waals surface area contributed by atoms with E-state index in [4.69, 9.17) is 10.5 Å². The third-order valence-corrected chi connectivity index (χ3v) is 3.26. The average Bonchev–Trinajstić information content (AvgIpc) is 2.47. The Morgan fingerprint density at radius 1 is 1.29 bits per heavy atom. The molecule has 1 aliphatic heterocycles. The number of hydrogen-bond donors (Lipinski definition) is 2. The minimum absolute atomic E-state index is 0.0464. The molecule has 1 aromatic rings. The molecule has 1 heterocycles. The Balaban J connectivity index is 2.05. The second-order valence-electron chi connectivity index (χ2n) is 4.75. The molecule has 0 radical (unpaired) electrons. The number of amides is 3. The molecule has 2 rings (SSSR count). The van der Waals surface area contributed by atoms with Gasteiger partial charge in [-0.05, 0) is 31.2 Å². The lowest BCUT2D eigenvalue weighted by Gasteiger charge is -2.33. The van der Waals surface area contributed by atoms with Gasteiger partial charge in [0.2, 0.25) is 5.91 Å². The molecule has 1 atom stereocenters. The van der Waals surface area contributed by atoms with E-state index in [1.807, 2.05) is 0 Å². The van der Waals surface area contributed by atoms with Crippen molar-refractivity contribution >= 4 is 23.4 Å². The standard InChI is InChI=1S/C14H17N3O4/c1-9(18)10-2-4-11(5-3-10)16-14(20)17-6-7-21-8-12(17)13(15)19/h2-5,12H,6-8H2,1H3,(H2,15,19)(H,16,20). The molecular weight excluding hydrogens is 274 g/mol. The Hall–Kier alpha value is -2.41. The van der Waals surface area contributed by atoms with E-state index in [0.29, 0.717) is 24.4 Å². The number of hydrogen-bond acceptors (Lipinski definition) is 4. The predicted octanol–water partition coefficient (Wildman–Crippen LogP) is 0.607. The fourth-order valence-corrected chi connectivity index (χ4v) is 2.07. The van der Waals surface area contributed by atoms with Crippen molar-refractivity contribution in [3.8, 4) is 0 Å². The van der Waals surface area contributed by atoms with Crippen LogP contribution in [0.4, 0.5) is 10.5 Å². The minimum Gasteiger partial charge on any atom is -0.377 e. The molecule has 0 bridgehead atoms. The maximum atomic E-state index is 12.2. The Morgan fingerprint density at radius 2 is 1.95 bits per heavy atom. The number of morpholine rings is 1. The number of nitrogens with two attached hydrogens (primary N) is 1. The van der Waals surface area contributed by atoms with Crippen LogP contribution in [0.3, 0.4) is 0 Å². The highest BCUT2D eigenvalue weighted by atomic mass is 16.5. The quantitative estimate of drug-likeness (QED) is 0.796. The number of ether oxygens (including phenoxy) is 1. The summed E-state index contributed by atoms with van der Waals surface area (Å²) in [6.07, 6.45) is 0. The van der Waals surface area contributed by atoms with E-state index >= 15 is 0 Å². The van der Waals surface area contributed by atoms with Gasteiger partial charge in [-0.1, -0.05) is 0 Å². The van der Waals surface area contributed by atoms with Crippen LogP contribution in [-0.4, -0.2) is 48.4 Å². The van der Waals surface area contributed by atoms with Crippen LogP contribution in [0.15, 0.2) is 24.3 Å². The smallest absolute Gasteiger partial charge is 0.322 e. The van der Waals surface area contributed by atoms with E-state index in [9.17, 15) is 14.4 Å². The molecule has 21 heavy (non-hydrogen) atoms. The molecule has 0 aliphatic carbocycles. The van der Waals surface area contributed by atoms with Gasteiger partial charge < -0.3 is 20.7 Å². The van der Waals surface area contributed by atoms with E-state index in [1.165, 1.54) is 11.8 Å². The van der Waals surface area contributed by atoms with Gasteiger partial charge in [-0.3, -0.25) is 9.59 Å². The Kier molecular flexibility index (Phi) is 4.54. The zero-order valence-electron chi connectivity index (χ0n) is 11.7. The summed E-state index contributed by atoms with van der Waals surface area (Å²) in [5.74, 6) is -0.647. The maximum absolute atomic E-state index is 12.2. The first-order valence-electron chi connectivity index (χ1n) is 6.54. The van der Waals surface area contributed by atoms with Gasteiger partial charge in [-0.25, -0.2) is 4.79 Å². The van der Waals surface area contributed by atoms with E-state index in [1.54, 1.807) is 24.3 Å². The lowest BCUT2D eigenvalue weighted by atomic mass is 10.1. The number of carbonyl (C=O) groups is 3. The van der Waals surface area contributed by atoms with Crippen LogP contribution in [0.1, 0.15) is 17.3 Å². The van der Waals surface area contributed by atoms with E-state index < -0.39 is 18.0 Å². The number of urea groups is 1. The van der Waals surface area contributed by atoms with Gasteiger partial charge in [-0.2, -0.15) is 0 Å². The van der Waals surface area contributed by atoms with Crippen molar-refractivity contribution in [1.29, 1.82) is 0 Å². The Bertz CT molecular complexity index is 556. The van der Waals surface area contributed by atoms with Crippen molar-refractivity contribution in [2.24, 2.45) is 5.73 Å². The van der Waals surface area contributed by atoms with E-state index in [0.717, 1.165) is 0 Å². The summed E-state index contributed by atoms with van der Waals surface area (Å²) in [5, 5.41) is 2.67. The lowest BCUT2D eigenvalue weighted by molar-refractivity contribution is -0.126. The van der Waals surface area contributed by atoms with Crippen LogP contribution < -0.4 is 11.1 Å². The molecule has 1 fully saturated rings. The number of primary amides is 1. The maximum Gasteiger partial charge on any atom is 0.322 e. The van der Waals surface area contributed by atoms with Crippen LogP contribution in [-0.2, 0) is 9.53 Å². The summed E-state index contributed by atoms with van der Waals surface area (Å²) in [6.45, 7) is 2.23. The largest absolute Gasteiger partial charge is 0.377 e.